The van der Waals surface area contributed by atoms with Crippen LogP contribution in [0.5, 0.6) is 5.75 Å². The number of amides is 1. The van der Waals surface area contributed by atoms with Gasteiger partial charge in [0.25, 0.3) is 11.7 Å². The van der Waals surface area contributed by atoms with Crippen molar-refractivity contribution in [1.82, 2.24) is 9.27 Å². The summed E-state index contributed by atoms with van der Waals surface area (Å²) in [5, 5.41) is 0.345. The second kappa shape index (κ2) is 9.46. The normalized spacial score (nSPS) is 15.2. The molecule has 0 spiro atoms. The number of hydrogen-bond acceptors (Lipinski definition) is 7. The van der Waals surface area contributed by atoms with Crippen molar-refractivity contribution in [2.45, 2.75) is 24.9 Å². The summed E-state index contributed by atoms with van der Waals surface area (Å²) < 4.78 is 43.1. The fourth-order valence-electron chi connectivity index (χ4n) is 4.08. The van der Waals surface area contributed by atoms with Crippen LogP contribution >= 0.6 is 11.5 Å². The van der Waals surface area contributed by atoms with Gasteiger partial charge in [-0.25, -0.2) is 13.6 Å². The summed E-state index contributed by atoms with van der Waals surface area (Å²) in [4.78, 5) is 38.8. The molecule has 1 aliphatic heterocycles. The van der Waals surface area contributed by atoms with Gasteiger partial charge < -0.3 is 14.4 Å². The van der Waals surface area contributed by atoms with Crippen molar-refractivity contribution in [3.05, 3.63) is 59.0 Å². The van der Waals surface area contributed by atoms with Gasteiger partial charge in [0.1, 0.15) is 22.9 Å². The van der Waals surface area contributed by atoms with Crippen LogP contribution in [0.25, 0.3) is 10.1 Å². The number of nitrogens with zero attached hydrogens (tertiary/aromatic N) is 2. The molecule has 10 heteroatoms. The van der Waals surface area contributed by atoms with Crippen molar-refractivity contribution in [2.75, 3.05) is 27.3 Å². The number of piperidine rings is 1. The van der Waals surface area contributed by atoms with E-state index in [1.165, 1.54) is 30.2 Å². The molecule has 1 saturated heterocycles. The average molecular weight is 489 g/mol. The van der Waals surface area contributed by atoms with Crippen LogP contribution in [0.15, 0.2) is 36.4 Å². The average Bonchev–Trinajstić information content (AvgIpc) is 3.26. The van der Waals surface area contributed by atoms with Gasteiger partial charge in [0.15, 0.2) is 0 Å². The molecule has 1 fully saturated rings. The first-order valence-corrected chi connectivity index (χ1v) is 11.3. The summed E-state index contributed by atoms with van der Waals surface area (Å²) in [6, 6.07) is 8.81. The van der Waals surface area contributed by atoms with Crippen LogP contribution in [0.3, 0.4) is 0 Å². The molecule has 0 bridgehead atoms. The summed E-state index contributed by atoms with van der Waals surface area (Å²) >= 11 is 1.00. The van der Waals surface area contributed by atoms with Crippen LogP contribution < -0.4 is 4.74 Å². The van der Waals surface area contributed by atoms with E-state index in [9.17, 15) is 18.8 Å². The molecule has 3 aromatic rings. The first-order chi connectivity index (χ1) is 16.2. The fourth-order valence-corrected chi connectivity index (χ4v) is 4.87. The van der Waals surface area contributed by atoms with Gasteiger partial charge in [0.05, 0.1) is 24.5 Å². The highest BCUT2D eigenvalue weighted by Crippen LogP contribution is 2.35. The van der Waals surface area contributed by atoms with Gasteiger partial charge in [0, 0.05) is 31.0 Å². The molecule has 1 aromatic heterocycles. The van der Waals surface area contributed by atoms with Gasteiger partial charge in [-0.15, -0.1) is 0 Å². The third kappa shape index (κ3) is 4.63. The van der Waals surface area contributed by atoms with Gasteiger partial charge >= 0.3 is 5.97 Å². The number of carbonyl (C=O) groups excluding carboxylic acids is 3. The molecule has 178 valence electrons. The number of rotatable bonds is 6. The lowest BCUT2D eigenvalue weighted by Gasteiger charge is -2.36. The van der Waals surface area contributed by atoms with Crippen molar-refractivity contribution in [2.24, 2.45) is 0 Å². The predicted molar refractivity (Wildman–Crippen MR) is 122 cm³/mol. The number of aromatic nitrogens is 1. The third-order valence-corrected chi connectivity index (χ3v) is 6.80. The molecule has 0 unspecified atom stereocenters. The highest BCUT2D eigenvalue weighted by molar-refractivity contribution is 7.13. The second-order valence-electron chi connectivity index (χ2n) is 8.15. The smallest absolute Gasteiger partial charge is 0.381 e. The molecular weight excluding hydrogens is 466 g/mol. The van der Waals surface area contributed by atoms with Crippen LogP contribution in [-0.2, 0) is 16.0 Å². The number of ether oxygens (including phenoxy) is 2. The van der Waals surface area contributed by atoms with Crippen molar-refractivity contribution in [1.29, 1.82) is 0 Å². The Bertz CT molecular complexity index is 1250. The number of ketones is 1. The monoisotopic (exact) mass is 488 g/mol. The van der Waals surface area contributed by atoms with Crippen molar-refractivity contribution < 1.29 is 32.6 Å². The van der Waals surface area contributed by atoms with E-state index < -0.39 is 17.4 Å². The Morgan fingerprint density at radius 2 is 1.79 bits per heavy atom. The van der Waals surface area contributed by atoms with E-state index in [0.717, 1.165) is 18.6 Å². The van der Waals surface area contributed by atoms with E-state index in [-0.39, 0.29) is 55.3 Å². The van der Waals surface area contributed by atoms with E-state index in [4.69, 9.17) is 4.74 Å². The van der Waals surface area contributed by atoms with Crippen LogP contribution in [0.2, 0.25) is 0 Å². The lowest BCUT2D eigenvalue weighted by Crippen LogP contribution is -2.45. The topological polar surface area (TPSA) is 85.8 Å². The van der Waals surface area contributed by atoms with Gasteiger partial charge in [-0.2, -0.15) is 4.37 Å². The Morgan fingerprint density at radius 3 is 2.41 bits per heavy atom. The number of carbonyl (C=O) groups is 3. The number of benzene rings is 2. The number of Topliss-reactive ketones (excluding diaryl/α,β-unsaturated/α-hetero) is 1. The molecule has 2 aromatic carbocycles. The first kappa shape index (κ1) is 23.7. The zero-order chi connectivity index (χ0) is 24.5. The van der Waals surface area contributed by atoms with Crippen molar-refractivity contribution >= 4 is 39.3 Å². The van der Waals surface area contributed by atoms with Crippen molar-refractivity contribution in [3.8, 4) is 5.75 Å². The van der Waals surface area contributed by atoms with Crippen LogP contribution in [0.4, 0.5) is 8.78 Å². The molecule has 7 nitrogen and oxygen atoms in total. The Hall–Kier alpha value is -3.40. The summed E-state index contributed by atoms with van der Waals surface area (Å²) in [5.41, 5.74) is -0.702. The Balaban J connectivity index is 1.55. The van der Waals surface area contributed by atoms with E-state index in [1.54, 1.807) is 18.2 Å². The Morgan fingerprint density at radius 1 is 1.12 bits per heavy atom. The molecule has 4 rings (SSSR count). The third-order valence-electron chi connectivity index (χ3n) is 5.99. The number of hydrogen-bond donors (Lipinski definition) is 0. The lowest BCUT2D eigenvalue weighted by molar-refractivity contribution is -0.135. The van der Waals surface area contributed by atoms with Crippen LogP contribution in [0.1, 0.15) is 39.3 Å². The maximum atomic E-state index is 15.4. The number of halogens is 2. The summed E-state index contributed by atoms with van der Waals surface area (Å²) in [5.74, 6) is -2.40. The molecule has 1 aliphatic rings. The highest BCUT2D eigenvalue weighted by atomic mass is 32.1. The molecule has 0 saturated carbocycles. The molecule has 1 amide bonds. The van der Waals surface area contributed by atoms with E-state index >= 15 is 4.39 Å². The molecule has 0 radical (unpaired) electrons. The Labute approximate surface area is 198 Å². The van der Waals surface area contributed by atoms with Gasteiger partial charge in [0.2, 0.25) is 0 Å². The molecule has 0 N–H and O–H groups in total. The molecule has 0 atom stereocenters. The number of likely N-dealkylation sites (tertiary alicyclic amines) is 1. The Kier molecular flexibility index (Phi) is 6.60. The summed E-state index contributed by atoms with van der Waals surface area (Å²) in [7, 11) is 2.52. The lowest BCUT2D eigenvalue weighted by atomic mass is 9.86. The molecule has 0 aliphatic carbocycles. The zero-order valence-electron chi connectivity index (χ0n) is 18.6. The molecule has 34 heavy (non-hydrogen) atoms. The second-order valence-corrected chi connectivity index (χ2v) is 8.95. The number of fused-ring (bicyclic) bond motifs is 1. The summed E-state index contributed by atoms with van der Waals surface area (Å²) in [6.45, 7) is 0.376. The van der Waals surface area contributed by atoms with E-state index in [1.807, 2.05) is 0 Å². The zero-order valence-corrected chi connectivity index (χ0v) is 19.4. The van der Waals surface area contributed by atoms with E-state index in [2.05, 4.69) is 9.11 Å². The number of esters is 1. The highest BCUT2D eigenvalue weighted by Gasteiger charge is 2.37. The van der Waals surface area contributed by atoms with Gasteiger partial charge in [-0.3, -0.25) is 9.59 Å². The van der Waals surface area contributed by atoms with Crippen LogP contribution in [-0.4, -0.2) is 59.9 Å². The minimum absolute atomic E-state index is 0.0933. The summed E-state index contributed by atoms with van der Waals surface area (Å²) in [6.07, 6.45) is 0.406. The van der Waals surface area contributed by atoms with E-state index in [0.29, 0.717) is 21.4 Å². The standard InChI is InChI=1S/C24H22F2N2O5S/c1-32-18-12-19-17(20(27-34-19)21(29)23(31)33-2)11-16(18)22(30)28-9-7-24(26,8-10-28)13-14-3-5-15(25)6-4-14/h3-6,11-12H,7-10,13H2,1-2H3. The maximum Gasteiger partial charge on any atom is 0.381 e. The van der Waals surface area contributed by atoms with Crippen LogP contribution in [0, 0.1) is 5.82 Å². The minimum Gasteiger partial charge on any atom is -0.496 e. The largest absolute Gasteiger partial charge is 0.496 e. The first-order valence-electron chi connectivity index (χ1n) is 10.6. The quantitative estimate of drug-likeness (QED) is 0.296. The number of alkyl halides is 1. The SMILES string of the molecule is COC(=O)C(=O)c1nsc2cc(OC)c(C(=O)N3CCC(F)(Cc4ccc(F)cc4)CC3)cc12. The van der Waals surface area contributed by atoms with Gasteiger partial charge in [-0.05, 0) is 48.1 Å². The molecule has 2 heterocycles. The predicted octanol–water partition coefficient (Wildman–Crippen LogP) is 3.99. The number of methoxy groups -OCH3 is 2. The fraction of sp³-hybridized carbons (Fsp3) is 0.333. The maximum absolute atomic E-state index is 15.4. The molecular formula is C24H22F2N2O5S. The van der Waals surface area contributed by atoms with Crippen molar-refractivity contribution in [3.63, 3.8) is 0 Å². The minimum atomic E-state index is -1.50. The van der Waals surface area contributed by atoms with Gasteiger partial charge in [-0.1, -0.05) is 12.1 Å².